The lowest BCUT2D eigenvalue weighted by molar-refractivity contribution is -0.138. The van der Waals surface area contributed by atoms with Gasteiger partial charge in [-0.05, 0) is 24.3 Å². The fraction of sp³-hybridized carbons (Fsp3) is 0.143. The van der Waals surface area contributed by atoms with Crippen molar-refractivity contribution >= 4 is 28.6 Å². The van der Waals surface area contributed by atoms with Crippen LogP contribution in [0.1, 0.15) is 27.2 Å². The Bertz CT molecular complexity index is 1310. The summed E-state index contributed by atoms with van der Waals surface area (Å²) in [4.78, 5) is 20.5. The summed E-state index contributed by atoms with van der Waals surface area (Å²) >= 11 is 0. The summed E-state index contributed by atoms with van der Waals surface area (Å²) < 4.78 is 59.1. The fourth-order valence-electron chi connectivity index (χ4n) is 3.24. The number of fused-ring (bicyclic) bond motifs is 1. The van der Waals surface area contributed by atoms with Crippen LogP contribution in [0.25, 0.3) is 10.9 Å². The molecule has 2 aromatic heterocycles. The summed E-state index contributed by atoms with van der Waals surface area (Å²) in [5.74, 6) is -1.63. The number of carbonyl (C=O) groups excluding carboxylic acids is 1. The van der Waals surface area contributed by atoms with Crippen LogP contribution in [0.2, 0.25) is 0 Å². The monoisotopic (exact) mass is 460 g/mol. The van der Waals surface area contributed by atoms with Gasteiger partial charge in [-0.1, -0.05) is 17.3 Å². The third-order valence-corrected chi connectivity index (χ3v) is 4.77. The number of rotatable bonds is 7. The largest absolute Gasteiger partial charge is 0.416 e. The highest BCUT2D eigenvalue weighted by Crippen LogP contribution is 2.34. The normalized spacial score (nSPS) is 11.5. The minimum absolute atomic E-state index is 0.0475. The van der Waals surface area contributed by atoms with Crippen molar-refractivity contribution < 1.29 is 26.9 Å². The average Bonchev–Trinajstić information content (AvgIpc) is 3.29. The third kappa shape index (κ3) is 4.68. The Hall–Kier alpha value is -4.22. The molecule has 4 rings (SSSR count). The zero-order valence-electron chi connectivity index (χ0n) is 16.8. The molecule has 0 unspecified atom stereocenters. The van der Waals surface area contributed by atoms with Crippen molar-refractivity contribution in [2.45, 2.75) is 19.3 Å². The number of para-hydroxylation sites is 1. The van der Waals surface area contributed by atoms with Crippen LogP contribution in [0.3, 0.4) is 0 Å². The molecule has 0 atom stereocenters. The maximum atomic E-state index is 14.3. The minimum atomic E-state index is -4.74. The Balaban J connectivity index is 1.74. The standard InChI is InChI=1S/C21H16F4N6O2/c22-16-6-2-5-15(21(23,24)25)14(16)10-27-19-13-4-1-3-12(18(26)32)17(13)29-20(30-19)28-9-11-7-8-33-31-11/h1-8H,9-10H2,(H2,26,32)(H2,27,28,29,30). The van der Waals surface area contributed by atoms with Crippen molar-refractivity contribution in [3.8, 4) is 0 Å². The first-order chi connectivity index (χ1) is 15.7. The van der Waals surface area contributed by atoms with E-state index in [-0.39, 0.29) is 29.4 Å². The average molecular weight is 460 g/mol. The van der Waals surface area contributed by atoms with Gasteiger partial charge in [0.05, 0.1) is 23.2 Å². The van der Waals surface area contributed by atoms with E-state index in [1.54, 1.807) is 12.1 Å². The van der Waals surface area contributed by atoms with E-state index in [9.17, 15) is 22.4 Å². The van der Waals surface area contributed by atoms with Gasteiger partial charge in [-0.25, -0.2) is 9.37 Å². The number of carbonyl (C=O) groups is 1. The van der Waals surface area contributed by atoms with Crippen molar-refractivity contribution in [3.05, 3.63) is 76.9 Å². The Kier molecular flexibility index (Phi) is 5.82. The topological polar surface area (TPSA) is 119 Å². The van der Waals surface area contributed by atoms with E-state index in [1.807, 2.05) is 0 Å². The zero-order valence-corrected chi connectivity index (χ0v) is 16.8. The van der Waals surface area contributed by atoms with Gasteiger partial charge in [-0.15, -0.1) is 0 Å². The van der Waals surface area contributed by atoms with Gasteiger partial charge in [-0.3, -0.25) is 4.79 Å². The molecule has 8 nitrogen and oxygen atoms in total. The van der Waals surface area contributed by atoms with Crippen LogP contribution >= 0.6 is 0 Å². The highest BCUT2D eigenvalue weighted by atomic mass is 19.4. The summed E-state index contributed by atoms with van der Waals surface area (Å²) in [6.45, 7) is -0.344. The first kappa shape index (κ1) is 22.0. The lowest BCUT2D eigenvalue weighted by atomic mass is 10.1. The maximum Gasteiger partial charge on any atom is 0.416 e. The third-order valence-electron chi connectivity index (χ3n) is 4.77. The molecule has 0 bridgehead atoms. The van der Waals surface area contributed by atoms with Crippen LogP contribution in [0.4, 0.5) is 29.3 Å². The molecule has 2 heterocycles. The quantitative estimate of drug-likeness (QED) is 0.355. The Morgan fingerprint density at radius 3 is 2.52 bits per heavy atom. The van der Waals surface area contributed by atoms with E-state index in [4.69, 9.17) is 10.3 Å². The highest BCUT2D eigenvalue weighted by Gasteiger charge is 2.34. The van der Waals surface area contributed by atoms with E-state index in [0.717, 1.165) is 18.2 Å². The number of benzene rings is 2. The number of amides is 1. The molecule has 0 saturated heterocycles. The van der Waals surface area contributed by atoms with Crippen molar-refractivity contribution in [1.29, 1.82) is 0 Å². The number of primary amides is 1. The molecule has 0 spiro atoms. The van der Waals surface area contributed by atoms with Crippen LogP contribution in [0.15, 0.2) is 53.3 Å². The van der Waals surface area contributed by atoms with Crippen LogP contribution in [0, 0.1) is 5.82 Å². The van der Waals surface area contributed by atoms with Crippen molar-refractivity contribution in [1.82, 2.24) is 15.1 Å². The molecule has 1 amide bonds. The minimum Gasteiger partial charge on any atom is -0.366 e. The zero-order chi connectivity index (χ0) is 23.6. The molecule has 12 heteroatoms. The number of hydrogen-bond acceptors (Lipinski definition) is 7. The highest BCUT2D eigenvalue weighted by molar-refractivity contribution is 6.07. The fourth-order valence-corrected chi connectivity index (χ4v) is 3.24. The number of nitrogens with one attached hydrogen (secondary N) is 2. The first-order valence-electron chi connectivity index (χ1n) is 9.56. The molecule has 4 aromatic rings. The van der Waals surface area contributed by atoms with Crippen molar-refractivity contribution in [2.75, 3.05) is 10.6 Å². The number of aromatic nitrogens is 3. The van der Waals surface area contributed by atoms with Gasteiger partial charge in [0.25, 0.3) is 5.91 Å². The van der Waals surface area contributed by atoms with Gasteiger partial charge < -0.3 is 20.9 Å². The van der Waals surface area contributed by atoms with Gasteiger partial charge in [0, 0.05) is 23.6 Å². The number of nitrogens with zero attached hydrogens (tertiary/aromatic N) is 3. The smallest absolute Gasteiger partial charge is 0.366 e. The van der Waals surface area contributed by atoms with Gasteiger partial charge in [-0.2, -0.15) is 18.2 Å². The van der Waals surface area contributed by atoms with Gasteiger partial charge >= 0.3 is 6.18 Å². The predicted octanol–water partition coefficient (Wildman–Crippen LogP) is 4.10. The molecule has 0 aliphatic heterocycles. The van der Waals surface area contributed by atoms with E-state index in [1.165, 1.54) is 18.4 Å². The molecule has 170 valence electrons. The number of halogens is 4. The lowest BCUT2D eigenvalue weighted by Crippen LogP contribution is -2.16. The summed E-state index contributed by atoms with van der Waals surface area (Å²) in [6.07, 6.45) is -3.36. The number of alkyl halides is 3. The van der Waals surface area contributed by atoms with Gasteiger partial charge in [0.15, 0.2) is 0 Å². The molecule has 4 N–H and O–H groups in total. The van der Waals surface area contributed by atoms with E-state index < -0.39 is 35.6 Å². The van der Waals surface area contributed by atoms with Crippen molar-refractivity contribution in [3.63, 3.8) is 0 Å². The summed E-state index contributed by atoms with van der Waals surface area (Å²) in [6, 6.07) is 8.91. The second-order valence-corrected chi connectivity index (χ2v) is 6.92. The van der Waals surface area contributed by atoms with Crippen LogP contribution < -0.4 is 16.4 Å². The number of hydrogen-bond donors (Lipinski definition) is 3. The molecule has 2 aromatic carbocycles. The van der Waals surface area contributed by atoms with E-state index in [0.29, 0.717) is 11.1 Å². The van der Waals surface area contributed by atoms with Crippen LogP contribution in [-0.2, 0) is 19.3 Å². The molecular weight excluding hydrogens is 444 g/mol. The van der Waals surface area contributed by atoms with Crippen molar-refractivity contribution in [2.24, 2.45) is 5.73 Å². The second-order valence-electron chi connectivity index (χ2n) is 6.92. The number of nitrogens with two attached hydrogens (primary N) is 1. The molecule has 33 heavy (non-hydrogen) atoms. The molecule has 0 saturated carbocycles. The molecule has 0 fully saturated rings. The van der Waals surface area contributed by atoms with E-state index >= 15 is 0 Å². The summed E-state index contributed by atoms with van der Waals surface area (Å²) in [5, 5.41) is 9.71. The first-order valence-corrected chi connectivity index (χ1v) is 9.56. The molecular formula is C21H16F4N6O2. The molecule has 0 aliphatic carbocycles. The van der Waals surface area contributed by atoms with E-state index in [2.05, 4.69) is 25.8 Å². The Morgan fingerprint density at radius 2 is 1.82 bits per heavy atom. The number of anilines is 2. The lowest BCUT2D eigenvalue weighted by Gasteiger charge is -2.16. The summed E-state index contributed by atoms with van der Waals surface area (Å²) in [7, 11) is 0. The molecule has 0 aliphatic rings. The maximum absolute atomic E-state index is 14.3. The summed E-state index contributed by atoms with van der Waals surface area (Å²) in [5.41, 5.74) is 4.58. The van der Waals surface area contributed by atoms with Crippen LogP contribution in [-0.4, -0.2) is 21.0 Å². The Morgan fingerprint density at radius 1 is 1.03 bits per heavy atom. The molecule has 0 radical (unpaired) electrons. The SMILES string of the molecule is NC(=O)c1cccc2c(NCc3c(F)cccc3C(F)(F)F)nc(NCc3ccon3)nc12. The predicted molar refractivity (Wildman–Crippen MR) is 111 cm³/mol. The van der Waals surface area contributed by atoms with Gasteiger partial charge in [0.1, 0.15) is 23.6 Å². The van der Waals surface area contributed by atoms with Gasteiger partial charge in [0.2, 0.25) is 5.95 Å². The van der Waals surface area contributed by atoms with Crippen LogP contribution in [0.5, 0.6) is 0 Å². The second kappa shape index (κ2) is 8.73. The Labute approximate surface area is 183 Å².